The summed E-state index contributed by atoms with van der Waals surface area (Å²) in [4.78, 5) is 18.7. The average molecular weight is 285 g/mol. The Hall–Kier alpha value is -2.37. The van der Waals surface area contributed by atoms with E-state index >= 15 is 0 Å². The van der Waals surface area contributed by atoms with Gasteiger partial charge in [-0.15, -0.1) is 0 Å². The molecule has 0 radical (unpaired) electrons. The van der Waals surface area contributed by atoms with Crippen molar-refractivity contribution in [3.8, 4) is 0 Å². The molecule has 3 heterocycles. The zero-order valence-corrected chi connectivity index (χ0v) is 12.1. The van der Waals surface area contributed by atoms with Crippen LogP contribution in [0.4, 0.5) is 5.82 Å². The van der Waals surface area contributed by atoms with Crippen molar-refractivity contribution in [3.05, 3.63) is 41.9 Å². The number of carbonyl (C=O) groups is 1. The standard InChI is InChI=1S/C15H19N5O/c1-19-11-13(10-18-19)15(21)17-9-12-4-5-14(16-8-12)20-6-2-3-7-20/h4-5,8,10-11H,2-3,6-7,9H2,1H3,(H,17,21). The number of pyridine rings is 1. The summed E-state index contributed by atoms with van der Waals surface area (Å²) in [5.41, 5.74) is 1.56. The van der Waals surface area contributed by atoms with Gasteiger partial charge in [0.05, 0.1) is 11.8 Å². The highest BCUT2D eigenvalue weighted by Gasteiger charge is 2.13. The molecule has 21 heavy (non-hydrogen) atoms. The summed E-state index contributed by atoms with van der Waals surface area (Å²) in [6, 6.07) is 4.04. The summed E-state index contributed by atoms with van der Waals surface area (Å²) in [7, 11) is 1.79. The van der Waals surface area contributed by atoms with Crippen LogP contribution in [0.15, 0.2) is 30.7 Å². The number of anilines is 1. The second kappa shape index (κ2) is 5.95. The first-order valence-electron chi connectivity index (χ1n) is 7.19. The predicted octanol–water partition coefficient (Wildman–Crippen LogP) is 1.35. The molecule has 0 saturated carbocycles. The van der Waals surface area contributed by atoms with E-state index in [9.17, 15) is 4.79 Å². The predicted molar refractivity (Wildman–Crippen MR) is 80.1 cm³/mol. The Balaban J connectivity index is 1.56. The third-order valence-corrected chi connectivity index (χ3v) is 3.66. The molecule has 0 atom stereocenters. The SMILES string of the molecule is Cn1cc(C(=O)NCc2ccc(N3CCCC3)nc2)cn1. The lowest BCUT2D eigenvalue weighted by molar-refractivity contribution is 0.0951. The maximum absolute atomic E-state index is 11.9. The van der Waals surface area contributed by atoms with Gasteiger partial charge in [0.25, 0.3) is 5.91 Å². The molecule has 1 amide bonds. The van der Waals surface area contributed by atoms with Gasteiger partial charge in [-0.1, -0.05) is 6.07 Å². The van der Waals surface area contributed by atoms with E-state index in [2.05, 4.69) is 20.3 Å². The first-order chi connectivity index (χ1) is 10.2. The molecule has 3 rings (SSSR count). The molecule has 6 nitrogen and oxygen atoms in total. The van der Waals surface area contributed by atoms with Crippen LogP contribution in [0.2, 0.25) is 0 Å². The van der Waals surface area contributed by atoms with Gasteiger partial charge < -0.3 is 10.2 Å². The molecule has 1 saturated heterocycles. The van der Waals surface area contributed by atoms with Crippen LogP contribution in [0.3, 0.4) is 0 Å². The van der Waals surface area contributed by atoms with Gasteiger partial charge in [-0.25, -0.2) is 4.98 Å². The summed E-state index contributed by atoms with van der Waals surface area (Å²) >= 11 is 0. The molecule has 6 heteroatoms. The number of aryl methyl sites for hydroxylation is 1. The van der Waals surface area contributed by atoms with E-state index in [1.807, 2.05) is 18.3 Å². The van der Waals surface area contributed by atoms with Gasteiger partial charge in [0.15, 0.2) is 0 Å². The Morgan fingerprint density at radius 1 is 1.29 bits per heavy atom. The lowest BCUT2D eigenvalue weighted by Gasteiger charge is -2.16. The van der Waals surface area contributed by atoms with Crippen molar-refractivity contribution in [2.24, 2.45) is 7.05 Å². The highest BCUT2D eigenvalue weighted by Crippen LogP contribution is 2.17. The molecular formula is C15H19N5O. The fraction of sp³-hybridized carbons (Fsp3) is 0.400. The Kier molecular flexibility index (Phi) is 3.85. The Bertz CT molecular complexity index is 613. The summed E-state index contributed by atoms with van der Waals surface area (Å²) < 4.78 is 1.61. The highest BCUT2D eigenvalue weighted by atomic mass is 16.1. The normalized spacial score (nSPS) is 14.4. The molecule has 110 valence electrons. The summed E-state index contributed by atoms with van der Waals surface area (Å²) in [5.74, 6) is 0.904. The lowest BCUT2D eigenvalue weighted by atomic mass is 10.2. The summed E-state index contributed by atoms with van der Waals surface area (Å²) in [5, 5.41) is 6.86. The quantitative estimate of drug-likeness (QED) is 0.921. The third-order valence-electron chi connectivity index (χ3n) is 3.66. The lowest BCUT2D eigenvalue weighted by Crippen LogP contribution is -2.23. The van der Waals surface area contributed by atoms with Crippen LogP contribution in [0.25, 0.3) is 0 Å². The van der Waals surface area contributed by atoms with Gasteiger partial charge in [-0.2, -0.15) is 5.10 Å². The molecule has 2 aromatic heterocycles. The van der Waals surface area contributed by atoms with E-state index in [1.165, 1.54) is 12.8 Å². The zero-order chi connectivity index (χ0) is 14.7. The van der Waals surface area contributed by atoms with E-state index < -0.39 is 0 Å². The number of nitrogens with zero attached hydrogens (tertiary/aromatic N) is 4. The van der Waals surface area contributed by atoms with Gasteiger partial charge in [0, 0.05) is 39.1 Å². The van der Waals surface area contributed by atoms with Crippen molar-refractivity contribution in [2.45, 2.75) is 19.4 Å². The molecule has 1 aliphatic rings. The van der Waals surface area contributed by atoms with Crippen LogP contribution in [0.5, 0.6) is 0 Å². The molecule has 2 aromatic rings. The van der Waals surface area contributed by atoms with Crippen LogP contribution < -0.4 is 10.2 Å². The van der Waals surface area contributed by atoms with Crippen LogP contribution in [0, 0.1) is 0 Å². The second-order valence-electron chi connectivity index (χ2n) is 5.30. The molecule has 1 fully saturated rings. The van der Waals surface area contributed by atoms with Gasteiger partial charge in [-0.05, 0) is 24.5 Å². The fourth-order valence-corrected chi connectivity index (χ4v) is 2.48. The monoisotopic (exact) mass is 285 g/mol. The van der Waals surface area contributed by atoms with E-state index in [0.717, 1.165) is 24.5 Å². The zero-order valence-electron chi connectivity index (χ0n) is 12.1. The topological polar surface area (TPSA) is 63.1 Å². The number of aromatic nitrogens is 3. The van der Waals surface area contributed by atoms with E-state index in [1.54, 1.807) is 24.1 Å². The summed E-state index contributed by atoms with van der Waals surface area (Å²) in [6.07, 6.45) is 7.57. The smallest absolute Gasteiger partial charge is 0.254 e. The van der Waals surface area contributed by atoms with Crippen molar-refractivity contribution < 1.29 is 4.79 Å². The van der Waals surface area contributed by atoms with Crippen LogP contribution in [-0.4, -0.2) is 33.8 Å². The molecule has 1 N–H and O–H groups in total. The Labute approximate surface area is 123 Å². The van der Waals surface area contributed by atoms with Gasteiger partial charge in [-0.3, -0.25) is 9.48 Å². The molecule has 0 aromatic carbocycles. The Morgan fingerprint density at radius 2 is 2.10 bits per heavy atom. The molecule has 0 aliphatic carbocycles. The van der Waals surface area contributed by atoms with E-state index in [0.29, 0.717) is 12.1 Å². The van der Waals surface area contributed by atoms with Crippen molar-refractivity contribution in [3.63, 3.8) is 0 Å². The number of rotatable bonds is 4. The molecule has 0 unspecified atom stereocenters. The third kappa shape index (κ3) is 3.21. The minimum Gasteiger partial charge on any atom is -0.357 e. The van der Waals surface area contributed by atoms with Gasteiger partial charge in [0.2, 0.25) is 0 Å². The van der Waals surface area contributed by atoms with Crippen LogP contribution in [0.1, 0.15) is 28.8 Å². The van der Waals surface area contributed by atoms with Crippen molar-refractivity contribution in [1.82, 2.24) is 20.1 Å². The first-order valence-corrected chi connectivity index (χ1v) is 7.19. The maximum atomic E-state index is 11.9. The van der Waals surface area contributed by atoms with Crippen LogP contribution >= 0.6 is 0 Å². The van der Waals surface area contributed by atoms with E-state index in [4.69, 9.17) is 0 Å². The van der Waals surface area contributed by atoms with Gasteiger partial charge in [0.1, 0.15) is 5.82 Å². The largest absolute Gasteiger partial charge is 0.357 e. The van der Waals surface area contributed by atoms with Crippen molar-refractivity contribution in [1.29, 1.82) is 0 Å². The van der Waals surface area contributed by atoms with Crippen molar-refractivity contribution in [2.75, 3.05) is 18.0 Å². The summed E-state index contributed by atoms with van der Waals surface area (Å²) in [6.45, 7) is 2.65. The van der Waals surface area contributed by atoms with Crippen molar-refractivity contribution >= 4 is 11.7 Å². The minimum atomic E-state index is -0.119. The minimum absolute atomic E-state index is 0.119. The number of carbonyl (C=O) groups excluding carboxylic acids is 1. The second-order valence-corrected chi connectivity index (χ2v) is 5.30. The molecular weight excluding hydrogens is 266 g/mol. The number of amides is 1. The molecule has 0 bridgehead atoms. The molecule has 0 spiro atoms. The van der Waals surface area contributed by atoms with E-state index in [-0.39, 0.29) is 5.91 Å². The highest BCUT2D eigenvalue weighted by molar-refractivity contribution is 5.93. The number of hydrogen-bond donors (Lipinski definition) is 1. The Morgan fingerprint density at radius 3 is 2.71 bits per heavy atom. The first kappa shape index (κ1) is 13.6. The number of hydrogen-bond acceptors (Lipinski definition) is 4. The van der Waals surface area contributed by atoms with Gasteiger partial charge >= 0.3 is 0 Å². The molecule has 1 aliphatic heterocycles. The maximum Gasteiger partial charge on any atom is 0.254 e. The number of nitrogens with one attached hydrogen (secondary N) is 1. The average Bonchev–Trinajstić information content (AvgIpc) is 3.16. The van der Waals surface area contributed by atoms with Crippen LogP contribution in [-0.2, 0) is 13.6 Å². The fourth-order valence-electron chi connectivity index (χ4n) is 2.48.